The van der Waals surface area contributed by atoms with Crippen LogP contribution in [-0.4, -0.2) is 53.2 Å². The quantitative estimate of drug-likeness (QED) is 0.783. The first-order chi connectivity index (χ1) is 11.1. The molecule has 2 aromatic heterocycles. The maximum Gasteiger partial charge on any atom is 0.166 e. The Morgan fingerprint density at radius 1 is 1.17 bits per heavy atom. The van der Waals surface area contributed by atoms with Gasteiger partial charge in [-0.3, -0.25) is 4.57 Å². The zero-order valence-corrected chi connectivity index (χ0v) is 13.8. The molecule has 7 nitrogen and oxygen atoms in total. The first-order valence-corrected chi connectivity index (χ1v) is 9.05. The first kappa shape index (κ1) is 15.2. The van der Waals surface area contributed by atoms with E-state index in [9.17, 15) is 10.2 Å². The Labute approximate surface area is 138 Å². The number of fused-ring (bicyclic) bond motifs is 1. The molecule has 1 aliphatic heterocycles. The number of thioether (sulfide) groups is 1. The third-order valence-electron chi connectivity index (χ3n) is 4.81. The van der Waals surface area contributed by atoms with E-state index in [1.165, 1.54) is 30.9 Å². The zero-order valence-electron chi connectivity index (χ0n) is 13.0. The van der Waals surface area contributed by atoms with Crippen molar-refractivity contribution >= 4 is 28.7 Å². The minimum atomic E-state index is -0.825. The summed E-state index contributed by atoms with van der Waals surface area (Å²) in [6, 6.07) is 0.451. The van der Waals surface area contributed by atoms with Gasteiger partial charge < -0.3 is 15.5 Å². The van der Waals surface area contributed by atoms with Crippen molar-refractivity contribution in [2.24, 2.45) is 0 Å². The number of aromatic nitrogens is 4. The SMILES string of the molecule is C[C@@H]1S[C@H](n2cnc3c(NC4CCCC4)ncnc32)[C@H](O)[C@@H]1O. The van der Waals surface area contributed by atoms with Gasteiger partial charge in [0.15, 0.2) is 11.5 Å². The molecule has 23 heavy (non-hydrogen) atoms. The molecule has 4 rings (SSSR count). The van der Waals surface area contributed by atoms with Gasteiger partial charge in [-0.25, -0.2) is 15.0 Å². The smallest absolute Gasteiger partial charge is 0.166 e. The lowest BCUT2D eigenvalue weighted by atomic mass is 10.1. The molecule has 0 bridgehead atoms. The van der Waals surface area contributed by atoms with Crippen molar-refractivity contribution in [1.82, 2.24) is 19.5 Å². The van der Waals surface area contributed by atoms with Crippen molar-refractivity contribution in [2.75, 3.05) is 5.32 Å². The summed E-state index contributed by atoms with van der Waals surface area (Å²) in [5, 5.41) is 23.5. The number of aliphatic hydroxyl groups is 2. The standard InChI is InChI=1S/C15H21N5O2S/c1-8-11(21)12(22)15(23-8)20-7-18-10-13(16-6-17-14(10)20)19-9-4-2-3-5-9/h6-9,11-12,15,21-22H,2-5H2,1H3,(H,16,17,19)/t8-,11+,12+,15-/m0/s1. The highest BCUT2D eigenvalue weighted by Gasteiger charge is 2.41. The fourth-order valence-electron chi connectivity index (χ4n) is 3.46. The lowest BCUT2D eigenvalue weighted by Crippen LogP contribution is -2.30. The van der Waals surface area contributed by atoms with Crippen molar-refractivity contribution in [1.29, 1.82) is 0 Å². The van der Waals surface area contributed by atoms with Gasteiger partial charge in [0, 0.05) is 11.3 Å². The third kappa shape index (κ3) is 2.58. The molecule has 0 amide bonds. The van der Waals surface area contributed by atoms with E-state index < -0.39 is 12.2 Å². The number of rotatable bonds is 3. The van der Waals surface area contributed by atoms with Crippen molar-refractivity contribution < 1.29 is 10.2 Å². The third-order valence-corrected chi connectivity index (χ3v) is 6.30. The van der Waals surface area contributed by atoms with E-state index in [1.54, 1.807) is 6.33 Å². The number of hydrogen-bond donors (Lipinski definition) is 3. The van der Waals surface area contributed by atoms with E-state index in [2.05, 4.69) is 20.3 Å². The van der Waals surface area contributed by atoms with Gasteiger partial charge in [0.05, 0.1) is 12.4 Å². The van der Waals surface area contributed by atoms with Gasteiger partial charge in [0.25, 0.3) is 0 Å². The predicted octanol–water partition coefficient (Wildman–Crippen LogP) is 1.54. The van der Waals surface area contributed by atoms with Gasteiger partial charge in [-0.05, 0) is 12.8 Å². The van der Waals surface area contributed by atoms with Crippen LogP contribution in [-0.2, 0) is 0 Å². The van der Waals surface area contributed by atoms with Gasteiger partial charge in [0.2, 0.25) is 0 Å². The summed E-state index contributed by atoms with van der Waals surface area (Å²) in [7, 11) is 0. The molecule has 124 valence electrons. The van der Waals surface area contributed by atoms with Crippen LogP contribution < -0.4 is 5.32 Å². The Kier molecular flexibility index (Phi) is 3.90. The molecule has 0 unspecified atom stereocenters. The average Bonchev–Trinajstić information content (AvgIpc) is 3.25. The summed E-state index contributed by atoms with van der Waals surface area (Å²) in [4.78, 5) is 13.2. The average molecular weight is 335 g/mol. The van der Waals surface area contributed by atoms with Crippen molar-refractivity contribution in [3.63, 3.8) is 0 Å². The summed E-state index contributed by atoms with van der Waals surface area (Å²) in [6.07, 6.45) is 6.48. The van der Waals surface area contributed by atoms with E-state index in [0.29, 0.717) is 11.7 Å². The maximum absolute atomic E-state index is 10.3. The second-order valence-corrected chi connectivity index (χ2v) is 7.88. The summed E-state index contributed by atoms with van der Waals surface area (Å²) >= 11 is 1.54. The molecule has 3 N–H and O–H groups in total. The van der Waals surface area contributed by atoms with E-state index >= 15 is 0 Å². The van der Waals surface area contributed by atoms with E-state index in [0.717, 1.165) is 24.2 Å². The second-order valence-electron chi connectivity index (χ2n) is 6.38. The minimum absolute atomic E-state index is 0.0228. The summed E-state index contributed by atoms with van der Waals surface area (Å²) in [5.41, 5.74) is 1.42. The Morgan fingerprint density at radius 2 is 1.96 bits per heavy atom. The molecule has 0 spiro atoms. The van der Waals surface area contributed by atoms with Crippen LogP contribution in [0.5, 0.6) is 0 Å². The zero-order chi connectivity index (χ0) is 16.0. The van der Waals surface area contributed by atoms with Crippen LogP contribution in [0.4, 0.5) is 5.82 Å². The molecule has 3 heterocycles. The minimum Gasteiger partial charge on any atom is -0.389 e. The maximum atomic E-state index is 10.3. The lowest BCUT2D eigenvalue weighted by Gasteiger charge is -2.17. The number of hydrogen-bond acceptors (Lipinski definition) is 7. The van der Waals surface area contributed by atoms with Gasteiger partial charge >= 0.3 is 0 Å². The highest BCUT2D eigenvalue weighted by Crippen LogP contribution is 2.42. The molecule has 0 radical (unpaired) electrons. The number of nitrogens with zero attached hydrogens (tertiary/aromatic N) is 4. The fraction of sp³-hybridized carbons (Fsp3) is 0.667. The van der Waals surface area contributed by atoms with Crippen molar-refractivity contribution in [3.8, 4) is 0 Å². The number of imidazole rings is 1. The van der Waals surface area contributed by atoms with Crippen LogP contribution >= 0.6 is 11.8 Å². The highest BCUT2D eigenvalue weighted by atomic mass is 32.2. The van der Waals surface area contributed by atoms with Gasteiger partial charge in [-0.15, -0.1) is 11.8 Å². The number of aliphatic hydroxyl groups excluding tert-OH is 2. The van der Waals surface area contributed by atoms with Crippen LogP contribution in [0.3, 0.4) is 0 Å². The molecule has 1 saturated heterocycles. The molecule has 4 atom stereocenters. The molecular weight excluding hydrogens is 314 g/mol. The van der Waals surface area contributed by atoms with Crippen molar-refractivity contribution in [2.45, 2.75) is 61.5 Å². The van der Waals surface area contributed by atoms with Crippen LogP contribution in [0, 0.1) is 0 Å². The van der Waals surface area contributed by atoms with Crippen LogP contribution in [0.25, 0.3) is 11.2 Å². The molecule has 8 heteroatoms. The molecule has 2 aromatic rings. The molecule has 2 aliphatic rings. The number of nitrogens with one attached hydrogen (secondary N) is 1. The topological polar surface area (TPSA) is 96.1 Å². The second kappa shape index (κ2) is 5.92. The first-order valence-electron chi connectivity index (χ1n) is 8.11. The molecular formula is C15H21N5O2S. The highest BCUT2D eigenvalue weighted by molar-refractivity contribution is 8.00. The molecule has 1 saturated carbocycles. The molecule has 2 fully saturated rings. The summed E-state index contributed by atoms with van der Waals surface area (Å²) in [6.45, 7) is 1.92. The molecule has 0 aromatic carbocycles. The van der Waals surface area contributed by atoms with Crippen molar-refractivity contribution in [3.05, 3.63) is 12.7 Å². The van der Waals surface area contributed by atoms with E-state index in [1.807, 2.05) is 11.5 Å². The van der Waals surface area contributed by atoms with Crippen LogP contribution in [0.2, 0.25) is 0 Å². The van der Waals surface area contributed by atoms with Crippen LogP contribution in [0.15, 0.2) is 12.7 Å². The van der Waals surface area contributed by atoms with Gasteiger partial charge in [-0.1, -0.05) is 19.8 Å². The molecule has 1 aliphatic carbocycles. The Morgan fingerprint density at radius 3 is 2.65 bits per heavy atom. The number of anilines is 1. The Bertz CT molecular complexity index is 702. The normalized spacial score (nSPS) is 32.0. The fourth-order valence-corrected chi connectivity index (χ4v) is 4.83. The lowest BCUT2D eigenvalue weighted by molar-refractivity contribution is 0.0206. The van der Waals surface area contributed by atoms with E-state index in [-0.39, 0.29) is 10.6 Å². The Balaban J connectivity index is 1.67. The van der Waals surface area contributed by atoms with Gasteiger partial charge in [0.1, 0.15) is 23.3 Å². The van der Waals surface area contributed by atoms with Gasteiger partial charge in [-0.2, -0.15) is 0 Å². The van der Waals surface area contributed by atoms with E-state index in [4.69, 9.17) is 0 Å². The summed E-state index contributed by atoms with van der Waals surface area (Å²) in [5.74, 6) is 0.756. The van der Waals surface area contributed by atoms with Crippen LogP contribution in [0.1, 0.15) is 38.0 Å². The Hall–Kier alpha value is -1.38. The monoisotopic (exact) mass is 335 g/mol. The largest absolute Gasteiger partial charge is 0.389 e. The predicted molar refractivity (Wildman–Crippen MR) is 89.3 cm³/mol. The summed E-state index contributed by atoms with van der Waals surface area (Å²) < 4.78 is 1.85.